The summed E-state index contributed by atoms with van der Waals surface area (Å²) in [4.78, 5) is 47.3. The van der Waals surface area contributed by atoms with Crippen molar-refractivity contribution in [1.82, 2.24) is 10.6 Å². The van der Waals surface area contributed by atoms with Crippen LogP contribution in [-0.4, -0.2) is 42.6 Å². The molecule has 4 amide bonds. The van der Waals surface area contributed by atoms with Crippen LogP contribution < -0.4 is 16.0 Å². The van der Waals surface area contributed by atoms with E-state index in [1.807, 2.05) is 0 Å². The van der Waals surface area contributed by atoms with E-state index in [0.717, 1.165) is 11.1 Å². The number of nitrogens with one attached hydrogen (secondary N) is 3. The van der Waals surface area contributed by atoms with E-state index in [-0.39, 0.29) is 36.4 Å². The normalized spacial score (nSPS) is 16.2. The third kappa shape index (κ3) is 6.31. The minimum Gasteiger partial charge on any atom is -0.508 e. The number of ether oxygens (including phenoxy) is 1. The average Bonchev–Trinajstić information content (AvgIpc) is 3.09. The van der Waals surface area contributed by atoms with Gasteiger partial charge < -0.3 is 20.5 Å². The number of rotatable bonds is 8. The minimum absolute atomic E-state index is 0.0717. The Balaban J connectivity index is 1.51. The molecule has 0 saturated carbocycles. The number of hydrogen-bond donors (Lipinski definition) is 4. The van der Waals surface area contributed by atoms with Crippen molar-refractivity contribution in [2.24, 2.45) is 11.8 Å². The molecule has 1 aliphatic heterocycles. The number of anilines is 1. The molecular weight excluding hydrogens is 414 g/mol. The van der Waals surface area contributed by atoms with E-state index < -0.39 is 17.9 Å². The summed E-state index contributed by atoms with van der Waals surface area (Å²) in [5, 5.41) is 17.0. The molecular formula is C23H25N3O6. The Kier molecular flexibility index (Phi) is 7.43. The molecule has 0 unspecified atom stereocenters. The Bertz CT molecular complexity index is 988. The number of amides is 4. The molecule has 9 heteroatoms. The first-order valence-corrected chi connectivity index (χ1v) is 10.2. The van der Waals surface area contributed by atoms with Gasteiger partial charge in [-0.05, 0) is 48.2 Å². The van der Waals surface area contributed by atoms with Gasteiger partial charge in [0, 0.05) is 18.7 Å². The van der Waals surface area contributed by atoms with Crippen molar-refractivity contribution in [1.29, 1.82) is 0 Å². The zero-order chi connectivity index (χ0) is 23.1. The molecule has 168 valence electrons. The highest BCUT2D eigenvalue weighted by atomic mass is 16.5. The molecule has 2 aromatic carbocycles. The number of benzene rings is 2. The molecule has 0 bridgehead atoms. The Morgan fingerprint density at radius 2 is 1.75 bits per heavy atom. The fraction of sp³-hybridized carbons (Fsp3) is 0.304. The molecule has 0 spiro atoms. The summed E-state index contributed by atoms with van der Waals surface area (Å²) < 4.78 is 4.83. The molecule has 0 aromatic heterocycles. The van der Waals surface area contributed by atoms with Crippen LogP contribution in [0.5, 0.6) is 5.75 Å². The van der Waals surface area contributed by atoms with Gasteiger partial charge in [-0.2, -0.15) is 0 Å². The van der Waals surface area contributed by atoms with Crippen molar-refractivity contribution in [2.45, 2.75) is 19.3 Å². The molecule has 1 fully saturated rings. The largest absolute Gasteiger partial charge is 0.508 e. The number of esters is 1. The van der Waals surface area contributed by atoms with Crippen LogP contribution in [0.25, 0.3) is 0 Å². The molecule has 0 radical (unpaired) electrons. The predicted octanol–water partition coefficient (Wildman–Crippen LogP) is 1.75. The van der Waals surface area contributed by atoms with Crippen molar-refractivity contribution in [3.8, 4) is 5.75 Å². The van der Waals surface area contributed by atoms with Crippen molar-refractivity contribution >= 4 is 29.5 Å². The number of aromatic hydroxyl groups is 1. The van der Waals surface area contributed by atoms with E-state index >= 15 is 0 Å². The smallest absolute Gasteiger partial charge is 0.319 e. The summed E-state index contributed by atoms with van der Waals surface area (Å²) in [6, 6.07) is 13.0. The first-order chi connectivity index (χ1) is 15.3. The lowest BCUT2D eigenvalue weighted by Crippen LogP contribution is -2.37. The van der Waals surface area contributed by atoms with Gasteiger partial charge in [-0.15, -0.1) is 0 Å². The van der Waals surface area contributed by atoms with Crippen LogP contribution in [0.15, 0.2) is 48.5 Å². The van der Waals surface area contributed by atoms with Crippen molar-refractivity contribution in [2.75, 3.05) is 19.0 Å². The summed E-state index contributed by atoms with van der Waals surface area (Å²) in [6.07, 6.45) is 0.980. The molecule has 1 saturated heterocycles. The number of urea groups is 1. The number of hydrogen-bond acceptors (Lipinski definition) is 6. The minimum atomic E-state index is -0.585. The standard InChI is InChI=1S/C23H25N3O6/c1-32-22(30)17(11-15-4-8-19(27)9-5-15)13-24-23(31)25-18-6-2-14(3-7-18)10-16-12-20(28)26-21(16)29/h2-9,16-17,27H,10-13H2,1H3,(H2,24,25,31)(H,26,28,29)/t16-,17-/m1/s1. The second kappa shape index (κ2) is 10.4. The molecule has 4 N–H and O–H groups in total. The molecule has 3 rings (SSSR count). The van der Waals surface area contributed by atoms with Crippen molar-refractivity contribution < 1.29 is 29.0 Å². The van der Waals surface area contributed by atoms with Gasteiger partial charge in [0.2, 0.25) is 11.8 Å². The Morgan fingerprint density at radius 3 is 2.34 bits per heavy atom. The van der Waals surface area contributed by atoms with E-state index in [1.165, 1.54) is 19.2 Å². The summed E-state index contributed by atoms with van der Waals surface area (Å²) >= 11 is 0. The molecule has 2 aromatic rings. The summed E-state index contributed by atoms with van der Waals surface area (Å²) in [5.41, 5.74) is 2.26. The fourth-order valence-electron chi connectivity index (χ4n) is 3.49. The van der Waals surface area contributed by atoms with Gasteiger partial charge in [0.25, 0.3) is 0 Å². The zero-order valence-corrected chi connectivity index (χ0v) is 17.6. The van der Waals surface area contributed by atoms with Crippen LogP contribution in [0.1, 0.15) is 17.5 Å². The van der Waals surface area contributed by atoms with Crippen molar-refractivity contribution in [3.63, 3.8) is 0 Å². The van der Waals surface area contributed by atoms with E-state index in [9.17, 15) is 24.3 Å². The monoisotopic (exact) mass is 439 g/mol. The number of imide groups is 1. The second-order valence-electron chi connectivity index (χ2n) is 7.64. The maximum atomic E-state index is 12.3. The SMILES string of the molecule is COC(=O)[C@@H](CNC(=O)Nc1ccc(C[C@@H]2CC(=O)NC2=O)cc1)Cc1ccc(O)cc1. The molecule has 1 heterocycles. The third-order valence-electron chi connectivity index (χ3n) is 5.22. The highest BCUT2D eigenvalue weighted by Crippen LogP contribution is 2.19. The Labute approximate surface area is 185 Å². The van der Waals surface area contributed by atoms with E-state index in [4.69, 9.17) is 4.74 Å². The first-order valence-electron chi connectivity index (χ1n) is 10.2. The van der Waals surface area contributed by atoms with Crippen LogP contribution >= 0.6 is 0 Å². The first kappa shape index (κ1) is 22.8. The predicted molar refractivity (Wildman–Crippen MR) is 116 cm³/mol. The highest BCUT2D eigenvalue weighted by Gasteiger charge is 2.30. The Hall–Kier alpha value is -3.88. The van der Waals surface area contributed by atoms with Gasteiger partial charge in [0.1, 0.15) is 5.75 Å². The summed E-state index contributed by atoms with van der Waals surface area (Å²) in [7, 11) is 1.29. The lowest BCUT2D eigenvalue weighted by Gasteiger charge is -2.16. The third-order valence-corrected chi connectivity index (χ3v) is 5.22. The lowest BCUT2D eigenvalue weighted by atomic mass is 9.98. The quantitative estimate of drug-likeness (QED) is 0.366. The topological polar surface area (TPSA) is 134 Å². The van der Waals surface area contributed by atoms with Gasteiger partial charge in [-0.3, -0.25) is 19.7 Å². The number of carbonyl (C=O) groups excluding carboxylic acids is 4. The van der Waals surface area contributed by atoms with E-state index in [0.29, 0.717) is 18.5 Å². The van der Waals surface area contributed by atoms with Crippen LogP contribution in [0.2, 0.25) is 0 Å². The Morgan fingerprint density at radius 1 is 1.09 bits per heavy atom. The molecule has 9 nitrogen and oxygen atoms in total. The highest BCUT2D eigenvalue weighted by molar-refractivity contribution is 6.03. The van der Waals surface area contributed by atoms with Crippen LogP contribution in [0.4, 0.5) is 10.5 Å². The number of phenolic OH excluding ortho intramolecular Hbond substituents is 1. The van der Waals surface area contributed by atoms with Crippen molar-refractivity contribution in [3.05, 3.63) is 59.7 Å². The maximum Gasteiger partial charge on any atom is 0.319 e. The number of phenols is 1. The maximum absolute atomic E-state index is 12.3. The van der Waals surface area contributed by atoms with Gasteiger partial charge in [0.15, 0.2) is 0 Å². The number of methoxy groups -OCH3 is 1. The molecule has 0 aliphatic carbocycles. The van der Waals surface area contributed by atoms with Crippen LogP contribution in [-0.2, 0) is 32.0 Å². The van der Waals surface area contributed by atoms with E-state index in [1.54, 1.807) is 36.4 Å². The molecule has 1 aliphatic rings. The second-order valence-corrected chi connectivity index (χ2v) is 7.64. The number of carbonyl (C=O) groups is 4. The summed E-state index contributed by atoms with van der Waals surface area (Å²) in [6.45, 7) is 0.0717. The van der Waals surface area contributed by atoms with Gasteiger partial charge in [-0.25, -0.2) is 4.79 Å². The summed E-state index contributed by atoms with van der Waals surface area (Å²) in [5.74, 6) is -1.79. The zero-order valence-electron chi connectivity index (χ0n) is 17.6. The van der Waals surface area contributed by atoms with Crippen LogP contribution in [0.3, 0.4) is 0 Å². The van der Waals surface area contributed by atoms with Gasteiger partial charge >= 0.3 is 12.0 Å². The lowest BCUT2D eigenvalue weighted by molar-refractivity contribution is -0.145. The van der Waals surface area contributed by atoms with Gasteiger partial charge in [-0.1, -0.05) is 24.3 Å². The van der Waals surface area contributed by atoms with Crippen LogP contribution in [0, 0.1) is 11.8 Å². The average molecular weight is 439 g/mol. The van der Waals surface area contributed by atoms with E-state index in [2.05, 4.69) is 16.0 Å². The fourth-order valence-corrected chi connectivity index (χ4v) is 3.49. The molecule has 2 atom stereocenters. The molecule has 32 heavy (non-hydrogen) atoms. The van der Waals surface area contributed by atoms with Gasteiger partial charge in [0.05, 0.1) is 18.9 Å².